The summed E-state index contributed by atoms with van der Waals surface area (Å²) in [4.78, 5) is 23.8. The lowest BCUT2D eigenvalue weighted by atomic mass is 10.1. The number of hydrogen-bond acceptors (Lipinski definition) is 5. The molecule has 26 heavy (non-hydrogen) atoms. The molecule has 0 fully saturated rings. The Bertz CT molecular complexity index is 543. The van der Waals surface area contributed by atoms with E-state index in [4.69, 9.17) is 4.74 Å². The predicted octanol–water partition coefficient (Wildman–Crippen LogP) is 4.26. The molecule has 7 nitrogen and oxygen atoms in total. The number of unbranched alkanes of at least 4 members (excludes halogenated alkanes) is 8. The Balaban J connectivity index is 2.18. The Hall–Kier alpha value is -2.05. The van der Waals surface area contributed by atoms with Crippen molar-refractivity contribution < 1.29 is 14.3 Å². The SMILES string of the molecule is CCCCCCCCCCCC(=O)NNc1[nH]nc(C)c1C(=O)OCC. The molecule has 0 saturated heterocycles. The van der Waals surface area contributed by atoms with Crippen molar-refractivity contribution in [3.8, 4) is 0 Å². The van der Waals surface area contributed by atoms with Gasteiger partial charge < -0.3 is 4.74 Å². The number of anilines is 1. The molecular weight excluding hydrogens is 332 g/mol. The van der Waals surface area contributed by atoms with E-state index in [1.807, 2.05) is 0 Å². The van der Waals surface area contributed by atoms with Crippen molar-refractivity contribution in [2.75, 3.05) is 12.0 Å². The number of amides is 1. The van der Waals surface area contributed by atoms with E-state index in [2.05, 4.69) is 28.0 Å². The van der Waals surface area contributed by atoms with E-state index in [0.29, 0.717) is 23.5 Å². The highest BCUT2D eigenvalue weighted by molar-refractivity contribution is 5.96. The van der Waals surface area contributed by atoms with Crippen LogP contribution >= 0.6 is 0 Å². The highest BCUT2D eigenvalue weighted by atomic mass is 16.5. The minimum Gasteiger partial charge on any atom is -0.462 e. The van der Waals surface area contributed by atoms with Gasteiger partial charge in [0, 0.05) is 6.42 Å². The van der Waals surface area contributed by atoms with Gasteiger partial charge in [-0.25, -0.2) is 4.79 Å². The fourth-order valence-corrected chi connectivity index (χ4v) is 2.77. The highest BCUT2D eigenvalue weighted by Gasteiger charge is 2.19. The Labute approximate surface area is 156 Å². The summed E-state index contributed by atoms with van der Waals surface area (Å²) in [5.74, 6) is -0.217. The van der Waals surface area contributed by atoms with Gasteiger partial charge in [-0.2, -0.15) is 5.10 Å². The van der Waals surface area contributed by atoms with Crippen LogP contribution in [0.25, 0.3) is 0 Å². The maximum Gasteiger partial charge on any atom is 0.343 e. The zero-order valence-corrected chi connectivity index (χ0v) is 16.5. The van der Waals surface area contributed by atoms with Crippen LogP contribution in [0.1, 0.15) is 94.1 Å². The fourth-order valence-electron chi connectivity index (χ4n) is 2.77. The summed E-state index contributed by atoms with van der Waals surface area (Å²) < 4.78 is 5.00. The molecule has 0 aliphatic carbocycles. The van der Waals surface area contributed by atoms with Gasteiger partial charge in [0.15, 0.2) is 5.82 Å². The van der Waals surface area contributed by atoms with Crippen molar-refractivity contribution in [3.05, 3.63) is 11.3 Å². The highest BCUT2D eigenvalue weighted by Crippen LogP contribution is 2.16. The van der Waals surface area contributed by atoms with E-state index in [1.54, 1.807) is 13.8 Å². The maximum atomic E-state index is 11.9. The van der Waals surface area contributed by atoms with Gasteiger partial charge in [0.2, 0.25) is 5.91 Å². The molecule has 0 spiro atoms. The summed E-state index contributed by atoms with van der Waals surface area (Å²) in [7, 11) is 0. The average molecular weight is 367 g/mol. The third-order valence-electron chi connectivity index (χ3n) is 4.26. The molecule has 1 amide bonds. The molecular formula is C19H34N4O3. The molecule has 1 heterocycles. The predicted molar refractivity (Wildman–Crippen MR) is 103 cm³/mol. The van der Waals surface area contributed by atoms with E-state index in [0.717, 1.165) is 12.8 Å². The van der Waals surface area contributed by atoms with Crippen LogP contribution in [0.15, 0.2) is 0 Å². The molecule has 0 unspecified atom stereocenters. The lowest BCUT2D eigenvalue weighted by molar-refractivity contribution is -0.120. The number of nitrogens with one attached hydrogen (secondary N) is 3. The molecule has 0 aromatic carbocycles. The number of H-pyrrole nitrogens is 1. The van der Waals surface area contributed by atoms with Crippen molar-refractivity contribution in [2.24, 2.45) is 0 Å². The summed E-state index contributed by atoms with van der Waals surface area (Å²) in [6.07, 6.45) is 11.4. The number of aromatic nitrogens is 2. The lowest BCUT2D eigenvalue weighted by Crippen LogP contribution is -2.30. The standard InChI is InChI=1S/C19H34N4O3/c1-4-6-7-8-9-10-11-12-13-14-16(24)21-23-18-17(15(3)20-22-18)19(25)26-5-2/h4-14H2,1-3H3,(H,21,24)(H2,20,22,23). The first-order valence-corrected chi connectivity index (χ1v) is 9.87. The number of esters is 1. The first kappa shape index (κ1) is 22.0. The van der Waals surface area contributed by atoms with Crippen LogP contribution in [0.3, 0.4) is 0 Å². The van der Waals surface area contributed by atoms with Crippen LogP contribution in [0, 0.1) is 6.92 Å². The number of ether oxygens (including phenoxy) is 1. The zero-order valence-electron chi connectivity index (χ0n) is 16.5. The number of carbonyl (C=O) groups excluding carboxylic acids is 2. The molecule has 7 heteroatoms. The normalized spacial score (nSPS) is 10.6. The molecule has 148 valence electrons. The monoisotopic (exact) mass is 366 g/mol. The summed E-state index contributed by atoms with van der Waals surface area (Å²) >= 11 is 0. The number of aryl methyl sites for hydroxylation is 1. The smallest absolute Gasteiger partial charge is 0.343 e. The minimum absolute atomic E-state index is 0.102. The van der Waals surface area contributed by atoms with Gasteiger partial charge in [0.05, 0.1) is 12.3 Å². The topological polar surface area (TPSA) is 96.1 Å². The van der Waals surface area contributed by atoms with E-state index in [9.17, 15) is 9.59 Å². The van der Waals surface area contributed by atoms with Crippen LogP contribution in [0.2, 0.25) is 0 Å². The first-order chi connectivity index (χ1) is 12.6. The van der Waals surface area contributed by atoms with Crippen LogP contribution in [0.4, 0.5) is 5.82 Å². The summed E-state index contributed by atoms with van der Waals surface area (Å²) in [5, 5.41) is 6.68. The van der Waals surface area contributed by atoms with Gasteiger partial charge in [-0.05, 0) is 20.3 Å². The van der Waals surface area contributed by atoms with Crippen LogP contribution in [-0.4, -0.2) is 28.7 Å². The fraction of sp³-hybridized carbons (Fsp3) is 0.737. The molecule has 0 aliphatic heterocycles. The van der Waals surface area contributed by atoms with Gasteiger partial charge in [0.1, 0.15) is 5.56 Å². The average Bonchev–Trinajstić information content (AvgIpc) is 2.99. The Morgan fingerprint density at radius 2 is 1.62 bits per heavy atom. The molecule has 1 aromatic heterocycles. The van der Waals surface area contributed by atoms with Crippen molar-refractivity contribution in [2.45, 2.75) is 85.0 Å². The van der Waals surface area contributed by atoms with Crippen molar-refractivity contribution in [1.82, 2.24) is 15.6 Å². The van der Waals surface area contributed by atoms with E-state index >= 15 is 0 Å². The van der Waals surface area contributed by atoms with Crippen LogP contribution in [-0.2, 0) is 9.53 Å². The number of hydrogen-bond donors (Lipinski definition) is 3. The Morgan fingerprint density at radius 1 is 1.00 bits per heavy atom. The van der Waals surface area contributed by atoms with E-state index in [1.165, 1.54) is 44.9 Å². The van der Waals surface area contributed by atoms with Crippen LogP contribution < -0.4 is 10.9 Å². The van der Waals surface area contributed by atoms with Gasteiger partial charge in [0.25, 0.3) is 0 Å². The second-order valence-electron chi connectivity index (χ2n) is 6.53. The van der Waals surface area contributed by atoms with Gasteiger partial charge in [-0.15, -0.1) is 0 Å². The second kappa shape index (κ2) is 13.2. The third kappa shape index (κ3) is 8.36. The van der Waals surface area contributed by atoms with Crippen molar-refractivity contribution in [3.63, 3.8) is 0 Å². The van der Waals surface area contributed by atoms with Gasteiger partial charge >= 0.3 is 5.97 Å². The summed E-state index contributed by atoms with van der Waals surface area (Å²) in [6, 6.07) is 0. The summed E-state index contributed by atoms with van der Waals surface area (Å²) in [5.41, 5.74) is 6.18. The van der Waals surface area contributed by atoms with E-state index < -0.39 is 5.97 Å². The number of carbonyl (C=O) groups is 2. The largest absolute Gasteiger partial charge is 0.462 e. The summed E-state index contributed by atoms with van der Waals surface area (Å²) in [6.45, 7) is 5.96. The lowest BCUT2D eigenvalue weighted by Gasteiger charge is -2.09. The number of rotatable bonds is 14. The van der Waals surface area contributed by atoms with Crippen LogP contribution in [0.5, 0.6) is 0 Å². The van der Waals surface area contributed by atoms with Gasteiger partial charge in [-0.3, -0.25) is 20.7 Å². The molecule has 0 atom stereocenters. The minimum atomic E-state index is -0.463. The number of hydrazine groups is 1. The van der Waals surface area contributed by atoms with Crippen molar-refractivity contribution in [1.29, 1.82) is 0 Å². The Morgan fingerprint density at radius 3 is 2.23 bits per heavy atom. The molecule has 0 bridgehead atoms. The molecule has 0 saturated carbocycles. The molecule has 1 aromatic rings. The molecule has 0 radical (unpaired) electrons. The quantitative estimate of drug-likeness (QED) is 0.260. The first-order valence-electron chi connectivity index (χ1n) is 9.87. The second-order valence-corrected chi connectivity index (χ2v) is 6.53. The molecule has 1 rings (SSSR count). The van der Waals surface area contributed by atoms with Crippen molar-refractivity contribution >= 4 is 17.7 Å². The van der Waals surface area contributed by atoms with Gasteiger partial charge in [-0.1, -0.05) is 58.3 Å². The number of nitrogens with zero attached hydrogens (tertiary/aromatic N) is 1. The Kier molecular flexibility index (Phi) is 11.2. The van der Waals surface area contributed by atoms with E-state index in [-0.39, 0.29) is 12.5 Å². The zero-order chi connectivity index (χ0) is 19.2. The molecule has 3 N–H and O–H groups in total. The maximum absolute atomic E-state index is 11.9. The molecule has 0 aliphatic rings. The third-order valence-corrected chi connectivity index (χ3v) is 4.26. The number of aromatic amines is 1.